The fraction of sp³-hybridized carbons (Fsp3) is 0.143. The summed E-state index contributed by atoms with van der Waals surface area (Å²) in [4.78, 5) is 20.5. The van der Waals surface area contributed by atoms with Gasteiger partial charge in [0.05, 0.1) is 17.4 Å². The van der Waals surface area contributed by atoms with E-state index >= 15 is 0 Å². The molecule has 0 aromatic carbocycles. The van der Waals surface area contributed by atoms with Crippen molar-refractivity contribution >= 4 is 23.5 Å². The second-order valence-electron chi connectivity index (χ2n) is 7.30. The predicted molar refractivity (Wildman–Crippen MR) is 109 cm³/mol. The van der Waals surface area contributed by atoms with Crippen molar-refractivity contribution in [1.82, 2.24) is 28.5 Å². The molecule has 0 unspecified atom stereocenters. The number of rotatable bonds is 5. The van der Waals surface area contributed by atoms with Gasteiger partial charge in [0.1, 0.15) is 23.3 Å². The molecule has 2 N–H and O–H groups in total. The number of fused-ring (bicyclic) bond motifs is 2. The van der Waals surface area contributed by atoms with E-state index in [0.29, 0.717) is 17.6 Å². The van der Waals surface area contributed by atoms with Crippen LogP contribution >= 0.6 is 0 Å². The molecule has 5 heterocycles. The van der Waals surface area contributed by atoms with Crippen LogP contribution in [0.15, 0.2) is 59.7 Å². The number of carbonyl (C=O) groups excluding carboxylic acids is 1. The quantitative estimate of drug-likeness (QED) is 0.457. The van der Waals surface area contributed by atoms with Crippen molar-refractivity contribution in [2.24, 2.45) is 5.73 Å². The number of carbonyl (C=O) groups is 1. The molecular formula is C21H17N7O2. The third-order valence-electron chi connectivity index (χ3n) is 5.30. The number of nitrogens with two attached hydrogens (primary N) is 1. The van der Waals surface area contributed by atoms with Crippen molar-refractivity contribution in [2.75, 3.05) is 0 Å². The molecule has 1 fully saturated rings. The Balaban J connectivity index is 1.62. The summed E-state index contributed by atoms with van der Waals surface area (Å²) in [5.74, 6) is -0.0558. The zero-order chi connectivity index (χ0) is 20.2. The topological polar surface area (TPSA) is 109 Å². The second-order valence-corrected chi connectivity index (χ2v) is 7.30. The molecule has 0 bridgehead atoms. The molecule has 0 saturated heterocycles. The molecule has 30 heavy (non-hydrogen) atoms. The molecule has 0 aliphatic heterocycles. The van der Waals surface area contributed by atoms with E-state index in [2.05, 4.69) is 4.98 Å². The number of nitrogens with zero attached hydrogens (tertiary/aromatic N) is 6. The maximum atomic E-state index is 11.4. The zero-order valence-corrected chi connectivity index (χ0v) is 15.8. The monoisotopic (exact) mass is 399 g/mol. The molecule has 0 atom stereocenters. The molecule has 9 nitrogen and oxygen atoms in total. The van der Waals surface area contributed by atoms with Gasteiger partial charge in [-0.15, -0.1) is 0 Å². The van der Waals surface area contributed by atoms with Gasteiger partial charge < -0.3 is 10.2 Å². The summed E-state index contributed by atoms with van der Waals surface area (Å²) >= 11 is 0. The zero-order valence-electron chi connectivity index (χ0n) is 15.8. The highest BCUT2D eigenvalue weighted by molar-refractivity contribution is 5.92. The van der Waals surface area contributed by atoms with E-state index in [1.54, 1.807) is 18.5 Å². The van der Waals surface area contributed by atoms with Gasteiger partial charge in [-0.25, -0.2) is 4.98 Å². The Labute approximate surface area is 170 Å². The lowest BCUT2D eigenvalue weighted by Gasteiger charge is -2.10. The number of primary amides is 1. The number of hydrogen-bond acceptors (Lipinski definition) is 5. The van der Waals surface area contributed by atoms with Crippen LogP contribution in [0.5, 0.6) is 0 Å². The van der Waals surface area contributed by atoms with E-state index in [1.165, 1.54) is 6.08 Å². The van der Waals surface area contributed by atoms with E-state index in [1.807, 2.05) is 50.3 Å². The van der Waals surface area contributed by atoms with Gasteiger partial charge in [-0.3, -0.25) is 18.3 Å². The molecular weight excluding hydrogens is 382 g/mol. The normalized spacial score (nSPS) is 14.4. The highest BCUT2D eigenvalue weighted by atomic mass is 16.3. The van der Waals surface area contributed by atoms with Gasteiger partial charge in [0.25, 0.3) is 0 Å². The van der Waals surface area contributed by atoms with E-state index in [0.717, 1.165) is 41.1 Å². The first-order chi connectivity index (χ1) is 14.7. The van der Waals surface area contributed by atoms with Crippen LogP contribution in [0.3, 0.4) is 0 Å². The SMILES string of the molecule is NC(=O)/C=C/c1c(-c2c(-c3ccn(C4CC4)n3)nc3occn23)ccc2nccn12. The Kier molecular flexibility index (Phi) is 3.46. The average molecular weight is 399 g/mol. The van der Waals surface area contributed by atoms with Gasteiger partial charge in [0.2, 0.25) is 5.91 Å². The minimum absolute atomic E-state index is 0.469. The van der Waals surface area contributed by atoms with Crippen LogP contribution in [-0.2, 0) is 4.79 Å². The molecule has 0 radical (unpaired) electrons. The first-order valence-electron chi connectivity index (χ1n) is 9.64. The second kappa shape index (κ2) is 6.18. The van der Waals surface area contributed by atoms with E-state index in [9.17, 15) is 4.79 Å². The number of pyridine rings is 1. The summed E-state index contributed by atoms with van der Waals surface area (Å²) < 4.78 is 11.3. The molecule has 5 aromatic rings. The Morgan fingerprint density at radius 3 is 2.90 bits per heavy atom. The fourth-order valence-corrected chi connectivity index (χ4v) is 3.77. The van der Waals surface area contributed by atoms with Crippen LogP contribution < -0.4 is 5.73 Å². The lowest BCUT2D eigenvalue weighted by molar-refractivity contribution is -0.113. The van der Waals surface area contributed by atoms with Crippen molar-refractivity contribution in [3.63, 3.8) is 0 Å². The molecule has 9 heteroatoms. The van der Waals surface area contributed by atoms with Crippen LogP contribution in [0, 0.1) is 0 Å². The van der Waals surface area contributed by atoms with Crippen molar-refractivity contribution < 1.29 is 9.21 Å². The molecule has 6 rings (SSSR count). The van der Waals surface area contributed by atoms with Crippen LogP contribution in [0.2, 0.25) is 0 Å². The number of amides is 1. The minimum Gasteiger partial charge on any atom is -0.432 e. The lowest BCUT2D eigenvalue weighted by atomic mass is 10.1. The predicted octanol–water partition coefficient (Wildman–Crippen LogP) is 2.94. The van der Waals surface area contributed by atoms with Gasteiger partial charge >= 0.3 is 5.84 Å². The summed E-state index contributed by atoms with van der Waals surface area (Å²) in [6.07, 6.45) is 14.3. The van der Waals surface area contributed by atoms with Gasteiger partial charge in [0.15, 0.2) is 0 Å². The van der Waals surface area contributed by atoms with Gasteiger partial charge in [-0.05, 0) is 37.1 Å². The summed E-state index contributed by atoms with van der Waals surface area (Å²) in [5.41, 5.74) is 10.0. The van der Waals surface area contributed by atoms with E-state index in [-0.39, 0.29) is 0 Å². The van der Waals surface area contributed by atoms with Crippen LogP contribution in [0.1, 0.15) is 24.6 Å². The standard InChI is InChI=1S/C21H17N7O2/c22-17(29)5-4-16-14(3-6-18-23-8-10-26(16)18)20-19(24-21-27(20)11-12-30-21)15-7-9-28(25-15)13-1-2-13/h3-13H,1-2H2,(H2,22,29)/b5-4+. The Morgan fingerprint density at radius 1 is 1.17 bits per heavy atom. The highest BCUT2D eigenvalue weighted by Crippen LogP contribution is 2.38. The Hall–Kier alpha value is -4.14. The maximum Gasteiger partial charge on any atom is 0.306 e. The molecule has 0 spiro atoms. The van der Waals surface area contributed by atoms with Crippen molar-refractivity contribution in [3.8, 4) is 22.6 Å². The first kappa shape index (κ1) is 16.8. The van der Waals surface area contributed by atoms with Crippen molar-refractivity contribution in [2.45, 2.75) is 18.9 Å². The molecule has 1 saturated carbocycles. The number of imidazole rings is 2. The van der Waals surface area contributed by atoms with Crippen LogP contribution in [0.25, 0.3) is 40.2 Å². The third-order valence-corrected chi connectivity index (χ3v) is 5.30. The summed E-state index contributed by atoms with van der Waals surface area (Å²) in [6.45, 7) is 0. The molecule has 1 aliphatic carbocycles. The van der Waals surface area contributed by atoms with Crippen LogP contribution in [-0.4, -0.2) is 34.5 Å². The van der Waals surface area contributed by atoms with Crippen LogP contribution in [0.4, 0.5) is 0 Å². The Morgan fingerprint density at radius 2 is 2.07 bits per heavy atom. The van der Waals surface area contributed by atoms with E-state index in [4.69, 9.17) is 20.2 Å². The number of hydrogen-bond donors (Lipinski definition) is 1. The largest absolute Gasteiger partial charge is 0.432 e. The number of aromatic nitrogens is 6. The summed E-state index contributed by atoms with van der Waals surface area (Å²) in [7, 11) is 0. The fourth-order valence-electron chi connectivity index (χ4n) is 3.77. The maximum absolute atomic E-state index is 11.4. The lowest BCUT2D eigenvalue weighted by Crippen LogP contribution is -2.06. The summed E-state index contributed by atoms with van der Waals surface area (Å²) in [5, 5.41) is 4.75. The third kappa shape index (κ3) is 2.55. The smallest absolute Gasteiger partial charge is 0.306 e. The minimum atomic E-state index is -0.525. The van der Waals surface area contributed by atoms with Gasteiger partial charge in [-0.2, -0.15) is 10.1 Å². The van der Waals surface area contributed by atoms with Gasteiger partial charge in [0, 0.05) is 36.4 Å². The van der Waals surface area contributed by atoms with Crippen molar-refractivity contribution in [1.29, 1.82) is 0 Å². The van der Waals surface area contributed by atoms with Crippen molar-refractivity contribution in [3.05, 3.63) is 61.0 Å². The average Bonchev–Trinajstić information content (AvgIpc) is 3.13. The molecule has 148 valence electrons. The molecule has 1 amide bonds. The Bertz CT molecular complexity index is 1440. The van der Waals surface area contributed by atoms with Gasteiger partial charge in [-0.1, -0.05) is 0 Å². The summed E-state index contributed by atoms with van der Waals surface area (Å²) in [6, 6.07) is 6.33. The molecule has 1 aliphatic rings. The first-order valence-corrected chi connectivity index (χ1v) is 9.64. The highest BCUT2D eigenvalue weighted by Gasteiger charge is 2.27. The van der Waals surface area contributed by atoms with E-state index < -0.39 is 5.91 Å². The number of oxazole rings is 1. The molecule has 5 aromatic heterocycles.